The standard InChI is InChI=1S/C15H22N2O4S/c1-3-21-15(18)12-6-4-8-14(10-12)22(19,20)17-9-5-7-13(11-17)16-2/h4,6,8,10,13,16H,3,5,7,9,11H2,1-2H3. The third kappa shape index (κ3) is 3.66. The van der Waals surface area contributed by atoms with E-state index in [9.17, 15) is 13.2 Å². The lowest BCUT2D eigenvalue weighted by Crippen LogP contribution is -2.46. The molecule has 1 fully saturated rings. The molecule has 1 unspecified atom stereocenters. The molecule has 122 valence electrons. The summed E-state index contributed by atoms with van der Waals surface area (Å²) in [5, 5.41) is 3.12. The van der Waals surface area contributed by atoms with Crippen LogP contribution in [0.1, 0.15) is 30.1 Å². The van der Waals surface area contributed by atoms with E-state index in [4.69, 9.17) is 4.74 Å². The van der Waals surface area contributed by atoms with Gasteiger partial charge in [0.1, 0.15) is 0 Å². The summed E-state index contributed by atoms with van der Waals surface area (Å²) in [6.07, 6.45) is 1.79. The van der Waals surface area contributed by atoms with Crippen molar-refractivity contribution in [1.82, 2.24) is 9.62 Å². The number of hydrogen-bond donors (Lipinski definition) is 1. The molecule has 1 heterocycles. The summed E-state index contributed by atoms with van der Waals surface area (Å²) in [6.45, 7) is 2.92. The van der Waals surface area contributed by atoms with Gasteiger partial charge in [0.2, 0.25) is 10.0 Å². The molecule has 1 aliphatic rings. The number of rotatable bonds is 5. The molecular formula is C15H22N2O4S. The molecule has 1 aromatic carbocycles. The number of carbonyl (C=O) groups is 1. The molecule has 1 aromatic rings. The molecule has 1 N–H and O–H groups in total. The van der Waals surface area contributed by atoms with Gasteiger partial charge in [-0.25, -0.2) is 13.2 Å². The predicted octanol–water partition coefficient (Wildman–Crippen LogP) is 1.24. The first-order valence-electron chi connectivity index (χ1n) is 7.43. The molecule has 0 spiro atoms. The first-order chi connectivity index (χ1) is 10.5. The first-order valence-corrected chi connectivity index (χ1v) is 8.87. The van der Waals surface area contributed by atoms with Crippen LogP contribution in [0.15, 0.2) is 29.2 Å². The van der Waals surface area contributed by atoms with Crippen molar-refractivity contribution in [2.45, 2.75) is 30.7 Å². The van der Waals surface area contributed by atoms with Crippen LogP contribution in [0.3, 0.4) is 0 Å². The number of hydrogen-bond acceptors (Lipinski definition) is 5. The highest BCUT2D eigenvalue weighted by Crippen LogP contribution is 2.21. The van der Waals surface area contributed by atoms with E-state index in [1.165, 1.54) is 16.4 Å². The summed E-state index contributed by atoms with van der Waals surface area (Å²) in [4.78, 5) is 11.9. The minimum absolute atomic E-state index is 0.134. The molecule has 1 atom stereocenters. The molecule has 6 nitrogen and oxygen atoms in total. The topological polar surface area (TPSA) is 75.7 Å². The van der Waals surface area contributed by atoms with Crippen LogP contribution in [0.5, 0.6) is 0 Å². The van der Waals surface area contributed by atoms with Gasteiger partial charge in [-0.05, 0) is 45.0 Å². The molecule has 7 heteroatoms. The predicted molar refractivity (Wildman–Crippen MR) is 83.2 cm³/mol. The van der Waals surface area contributed by atoms with E-state index in [0.29, 0.717) is 13.1 Å². The van der Waals surface area contributed by atoms with Crippen LogP contribution in [0, 0.1) is 0 Å². The van der Waals surface area contributed by atoms with Crippen LogP contribution in [0.4, 0.5) is 0 Å². The van der Waals surface area contributed by atoms with Gasteiger partial charge in [0.05, 0.1) is 17.1 Å². The van der Waals surface area contributed by atoms with Crippen LogP contribution in [0.2, 0.25) is 0 Å². The lowest BCUT2D eigenvalue weighted by atomic mass is 10.1. The Labute approximate surface area is 131 Å². The van der Waals surface area contributed by atoms with Gasteiger partial charge in [0.25, 0.3) is 0 Å². The molecule has 0 aromatic heterocycles. The van der Waals surface area contributed by atoms with Gasteiger partial charge in [-0.15, -0.1) is 0 Å². The monoisotopic (exact) mass is 326 g/mol. The van der Waals surface area contributed by atoms with Crippen LogP contribution in [-0.2, 0) is 14.8 Å². The van der Waals surface area contributed by atoms with E-state index >= 15 is 0 Å². The Morgan fingerprint density at radius 1 is 1.45 bits per heavy atom. The Kier molecular flexibility index (Phi) is 5.55. The van der Waals surface area contributed by atoms with Crippen molar-refractivity contribution in [3.8, 4) is 0 Å². The van der Waals surface area contributed by atoms with Gasteiger partial charge >= 0.3 is 5.97 Å². The van der Waals surface area contributed by atoms with Crippen molar-refractivity contribution in [2.75, 3.05) is 26.7 Å². The highest BCUT2D eigenvalue weighted by molar-refractivity contribution is 7.89. The summed E-state index contributed by atoms with van der Waals surface area (Å²) in [5.74, 6) is -0.508. The first kappa shape index (κ1) is 16.9. The van der Waals surface area contributed by atoms with Crippen molar-refractivity contribution in [3.63, 3.8) is 0 Å². The van der Waals surface area contributed by atoms with Crippen molar-refractivity contribution in [2.24, 2.45) is 0 Å². The lowest BCUT2D eigenvalue weighted by molar-refractivity contribution is 0.0526. The zero-order valence-electron chi connectivity index (χ0n) is 12.9. The second-order valence-electron chi connectivity index (χ2n) is 5.24. The number of benzene rings is 1. The number of piperidine rings is 1. The molecular weight excluding hydrogens is 304 g/mol. The van der Waals surface area contributed by atoms with E-state index < -0.39 is 16.0 Å². The summed E-state index contributed by atoms with van der Waals surface area (Å²) in [5.41, 5.74) is 0.255. The fourth-order valence-corrected chi connectivity index (χ4v) is 4.11. The van der Waals surface area contributed by atoms with Crippen molar-refractivity contribution in [1.29, 1.82) is 0 Å². The Hall–Kier alpha value is -1.44. The molecule has 1 saturated heterocycles. The number of esters is 1. The van der Waals surface area contributed by atoms with Crippen LogP contribution in [-0.4, -0.2) is 51.5 Å². The summed E-state index contributed by atoms with van der Waals surface area (Å²) in [6, 6.07) is 6.19. The maximum Gasteiger partial charge on any atom is 0.338 e. The van der Waals surface area contributed by atoms with E-state index in [0.717, 1.165) is 12.8 Å². The maximum absolute atomic E-state index is 12.7. The van der Waals surface area contributed by atoms with Gasteiger partial charge in [0.15, 0.2) is 0 Å². The van der Waals surface area contributed by atoms with E-state index in [1.54, 1.807) is 19.1 Å². The number of carbonyl (C=O) groups excluding carboxylic acids is 1. The average Bonchev–Trinajstić information content (AvgIpc) is 2.55. The second-order valence-corrected chi connectivity index (χ2v) is 7.18. The Bertz CT molecular complexity index is 630. The number of sulfonamides is 1. The number of nitrogens with zero attached hydrogens (tertiary/aromatic N) is 1. The minimum Gasteiger partial charge on any atom is -0.462 e. The van der Waals surface area contributed by atoms with Gasteiger partial charge in [-0.1, -0.05) is 6.07 Å². The van der Waals surface area contributed by atoms with Crippen molar-refractivity contribution >= 4 is 16.0 Å². The fraction of sp³-hybridized carbons (Fsp3) is 0.533. The highest BCUT2D eigenvalue weighted by Gasteiger charge is 2.30. The van der Waals surface area contributed by atoms with Gasteiger partial charge in [-0.3, -0.25) is 0 Å². The van der Waals surface area contributed by atoms with E-state index in [1.807, 2.05) is 7.05 Å². The lowest BCUT2D eigenvalue weighted by Gasteiger charge is -2.31. The van der Waals surface area contributed by atoms with Gasteiger partial charge < -0.3 is 10.1 Å². The van der Waals surface area contributed by atoms with Crippen LogP contribution in [0.25, 0.3) is 0 Å². The van der Waals surface area contributed by atoms with Crippen LogP contribution < -0.4 is 5.32 Å². The summed E-state index contributed by atoms with van der Waals surface area (Å²) in [7, 11) is -1.75. The molecule has 2 rings (SSSR count). The smallest absolute Gasteiger partial charge is 0.338 e. The van der Waals surface area contributed by atoms with E-state index in [-0.39, 0.29) is 23.1 Å². The number of likely N-dealkylation sites (N-methyl/N-ethyl adjacent to an activating group) is 1. The average molecular weight is 326 g/mol. The normalized spacial score (nSPS) is 19.8. The third-order valence-corrected chi connectivity index (χ3v) is 5.64. The number of nitrogens with one attached hydrogen (secondary N) is 1. The Balaban J connectivity index is 2.25. The molecule has 1 aliphatic heterocycles. The second kappa shape index (κ2) is 7.21. The highest BCUT2D eigenvalue weighted by atomic mass is 32.2. The quantitative estimate of drug-likeness (QED) is 0.824. The van der Waals surface area contributed by atoms with Crippen LogP contribution >= 0.6 is 0 Å². The van der Waals surface area contributed by atoms with Crippen molar-refractivity contribution in [3.05, 3.63) is 29.8 Å². The Morgan fingerprint density at radius 2 is 2.23 bits per heavy atom. The zero-order chi connectivity index (χ0) is 16.2. The molecule has 22 heavy (non-hydrogen) atoms. The minimum atomic E-state index is -3.59. The van der Waals surface area contributed by atoms with Gasteiger partial charge in [0, 0.05) is 19.1 Å². The summed E-state index contributed by atoms with van der Waals surface area (Å²) < 4.78 is 31.8. The largest absolute Gasteiger partial charge is 0.462 e. The molecule has 0 amide bonds. The maximum atomic E-state index is 12.7. The summed E-state index contributed by atoms with van der Waals surface area (Å²) >= 11 is 0. The van der Waals surface area contributed by atoms with Crippen molar-refractivity contribution < 1.29 is 17.9 Å². The van der Waals surface area contributed by atoms with E-state index in [2.05, 4.69) is 5.32 Å². The Morgan fingerprint density at radius 3 is 2.91 bits per heavy atom. The van der Waals surface area contributed by atoms with Gasteiger partial charge in [-0.2, -0.15) is 4.31 Å². The SMILES string of the molecule is CCOC(=O)c1cccc(S(=O)(=O)N2CCCC(NC)C2)c1. The zero-order valence-corrected chi connectivity index (χ0v) is 13.7. The fourth-order valence-electron chi connectivity index (χ4n) is 2.54. The number of ether oxygens (including phenoxy) is 1. The third-order valence-electron chi connectivity index (χ3n) is 3.78. The molecule has 0 aliphatic carbocycles. The molecule has 0 radical (unpaired) electrons. The molecule has 0 bridgehead atoms. The molecule has 0 saturated carbocycles.